The van der Waals surface area contributed by atoms with Crippen LogP contribution >= 0.6 is 0 Å². The van der Waals surface area contributed by atoms with E-state index in [1.807, 2.05) is 0 Å². The van der Waals surface area contributed by atoms with Crippen molar-refractivity contribution >= 4 is 27.5 Å². The topological polar surface area (TPSA) is 95.6 Å². The fraction of sp³-hybridized carbons (Fsp3) is 0.385. The van der Waals surface area contributed by atoms with Crippen molar-refractivity contribution in [1.29, 1.82) is 0 Å². The summed E-state index contributed by atoms with van der Waals surface area (Å²) in [5, 5.41) is 2.71. The molecule has 2 amide bonds. The Labute approximate surface area is 123 Å². The summed E-state index contributed by atoms with van der Waals surface area (Å²) >= 11 is 0. The number of sulfonamides is 1. The molecule has 1 saturated heterocycles. The Morgan fingerprint density at radius 3 is 2.52 bits per heavy atom. The fourth-order valence-corrected chi connectivity index (χ4v) is 2.61. The van der Waals surface area contributed by atoms with Gasteiger partial charge in [-0.05, 0) is 24.3 Å². The van der Waals surface area contributed by atoms with Crippen LogP contribution in [0.4, 0.5) is 5.69 Å². The van der Waals surface area contributed by atoms with E-state index in [-0.39, 0.29) is 11.8 Å². The van der Waals surface area contributed by atoms with Crippen LogP contribution in [0.1, 0.15) is 16.8 Å². The highest BCUT2D eigenvalue weighted by molar-refractivity contribution is 7.92. The molecule has 8 heteroatoms. The summed E-state index contributed by atoms with van der Waals surface area (Å²) in [7, 11) is -3.33. The molecule has 1 heterocycles. The molecule has 1 aromatic carbocycles. The van der Waals surface area contributed by atoms with Gasteiger partial charge in [0.1, 0.15) is 0 Å². The van der Waals surface area contributed by atoms with E-state index in [4.69, 9.17) is 0 Å². The highest BCUT2D eigenvalue weighted by atomic mass is 32.2. The van der Waals surface area contributed by atoms with Gasteiger partial charge in [-0.25, -0.2) is 8.42 Å². The quantitative estimate of drug-likeness (QED) is 0.822. The zero-order valence-electron chi connectivity index (χ0n) is 11.6. The van der Waals surface area contributed by atoms with Crippen LogP contribution < -0.4 is 10.0 Å². The second-order valence-corrected chi connectivity index (χ2v) is 6.59. The Balaban J connectivity index is 2.07. The standard InChI is InChI=1S/C13H17N3O4S/c1-21(19,20)15-11-4-2-10(3-5-11)13(18)16-8-6-12(17)14-7-9-16/h2-5,15H,6-9H2,1H3,(H,14,17). The SMILES string of the molecule is CS(=O)(=O)Nc1ccc(C(=O)N2CCNC(=O)CC2)cc1. The van der Waals surface area contributed by atoms with Gasteiger partial charge in [0.25, 0.3) is 5.91 Å². The maximum atomic E-state index is 12.3. The van der Waals surface area contributed by atoms with E-state index in [1.54, 1.807) is 17.0 Å². The number of nitrogens with zero attached hydrogens (tertiary/aromatic N) is 1. The first-order chi connectivity index (χ1) is 9.85. The Hall–Kier alpha value is -2.09. The third-order valence-electron chi connectivity index (χ3n) is 3.03. The average molecular weight is 311 g/mol. The van der Waals surface area contributed by atoms with Gasteiger partial charge in [-0.1, -0.05) is 0 Å². The number of hydrogen-bond donors (Lipinski definition) is 2. The van der Waals surface area contributed by atoms with Gasteiger partial charge in [-0.3, -0.25) is 14.3 Å². The number of carbonyl (C=O) groups is 2. The van der Waals surface area contributed by atoms with Crippen molar-refractivity contribution in [2.75, 3.05) is 30.6 Å². The van der Waals surface area contributed by atoms with E-state index in [0.717, 1.165) is 6.26 Å². The van der Waals surface area contributed by atoms with Gasteiger partial charge in [0.2, 0.25) is 15.9 Å². The molecular formula is C13H17N3O4S. The average Bonchev–Trinajstić information content (AvgIpc) is 2.62. The van der Waals surface area contributed by atoms with Crippen LogP contribution in [0.5, 0.6) is 0 Å². The summed E-state index contributed by atoms with van der Waals surface area (Å²) < 4.78 is 24.6. The monoisotopic (exact) mass is 311 g/mol. The molecule has 1 aliphatic heterocycles. The van der Waals surface area contributed by atoms with Crippen LogP contribution in [0, 0.1) is 0 Å². The minimum absolute atomic E-state index is 0.0574. The summed E-state index contributed by atoms with van der Waals surface area (Å²) in [4.78, 5) is 25.2. The third kappa shape index (κ3) is 4.45. The molecule has 0 radical (unpaired) electrons. The lowest BCUT2D eigenvalue weighted by Crippen LogP contribution is -2.34. The first-order valence-corrected chi connectivity index (χ1v) is 8.38. The molecule has 2 N–H and O–H groups in total. The van der Waals surface area contributed by atoms with Gasteiger partial charge in [0.15, 0.2) is 0 Å². The number of carbonyl (C=O) groups excluding carboxylic acids is 2. The third-order valence-corrected chi connectivity index (χ3v) is 3.64. The summed E-state index contributed by atoms with van der Waals surface area (Å²) in [5.74, 6) is -0.226. The van der Waals surface area contributed by atoms with Crippen LogP contribution in [0.15, 0.2) is 24.3 Å². The van der Waals surface area contributed by atoms with Gasteiger partial charge >= 0.3 is 0 Å². The Kier molecular flexibility index (Phi) is 4.46. The molecule has 0 bridgehead atoms. The highest BCUT2D eigenvalue weighted by Gasteiger charge is 2.19. The summed E-state index contributed by atoms with van der Waals surface area (Å²) in [6, 6.07) is 6.21. The molecule has 0 aliphatic carbocycles. The summed E-state index contributed by atoms with van der Waals surface area (Å²) in [5.41, 5.74) is 0.866. The Morgan fingerprint density at radius 2 is 1.90 bits per heavy atom. The fourth-order valence-electron chi connectivity index (χ4n) is 2.05. The molecule has 21 heavy (non-hydrogen) atoms. The predicted octanol–water partition coefficient (Wildman–Crippen LogP) is 0.0202. The van der Waals surface area contributed by atoms with Crippen molar-refractivity contribution in [3.63, 3.8) is 0 Å². The van der Waals surface area contributed by atoms with Crippen molar-refractivity contribution in [1.82, 2.24) is 10.2 Å². The maximum absolute atomic E-state index is 12.3. The molecule has 1 fully saturated rings. The number of anilines is 1. The molecule has 114 valence electrons. The second kappa shape index (κ2) is 6.13. The van der Waals surface area contributed by atoms with E-state index in [2.05, 4.69) is 10.0 Å². The molecule has 0 spiro atoms. The van der Waals surface area contributed by atoms with Crippen LogP contribution in [0.2, 0.25) is 0 Å². The van der Waals surface area contributed by atoms with Crippen molar-refractivity contribution in [3.05, 3.63) is 29.8 Å². The van der Waals surface area contributed by atoms with Gasteiger partial charge in [-0.2, -0.15) is 0 Å². The van der Waals surface area contributed by atoms with Crippen LogP contribution in [-0.2, 0) is 14.8 Å². The van der Waals surface area contributed by atoms with E-state index in [1.165, 1.54) is 12.1 Å². The number of rotatable bonds is 3. The van der Waals surface area contributed by atoms with Crippen LogP contribution in [0.25, 0.3) is 0 Å². The van der Waals surface area contributed by atoms with Crippen LogP contribution in [-0.4, -0.2) is 51.0 Å². The Bertz CT molecular complexity index is 640. The number of amides is 2. The molecule has 0 aromatic heterocycles. The molecule has 0 unspecified atom stereocenters. The molecule has 1 aliphatic rings. The molecule has 2 rings (SSSR count). The van der Waals surface area contributed by atoms with Gasteiger partial charge < -0.3 is 10.2 Å². The second-order valence-electron chi connectivity index (χ2n) is 4.84. The minimum atomic E-state index is -3.33. The predicted molar refractivity (Wildman–Crippen MR) is 78.4 cm³/mol. The zero-order chi connectivity index (χ0) is 15.5. The Morgan fingerprint density at radius 1 is 1.24 bits per heavy atom. The normalized spacial score (nSPS) is 16.0. The lowest BCUT2D eigenvalue weighted by Gasteiger charge is -2.19. The van der Waals surface area contributed by atoms with E-state index in [9.17, 15) is 18.0 Å². The number of nitrogens with one attached hydrogen (secondary N) is 2. The molecular weight excluding hydrogens is 294 g/mol. The smallest absolute Gasteiger partial charge is 0.253 e. The maximum Gasteiger partial charge on any atom is 0.253 e. The van der Waals surface area contributed by atoms with Gasteiger partial charge in [0, 0.05) is 37.3 Å². The van der Waals surface area contributed by atoms with Crippen LogP contribution in [0.3, 0.4) is 0 Å². The largest absolute Gasteiger partial charge is 0.354 e. The summed E-state index contributed by atoms with van der Waals surface area (Å²) in [6.07, 6.45) is 1.35. The molecule has 1 aromatic rings. The first kappa shape index (κ1) is 15.3. The van der Waals surface area contributed by atoms with E-state index in [0.29, 0.717) is 37.3 Å². The lowest BCUT2D eigenvalue weighted by atomic mass is 10.2. The molecule has 0 atom stereocenters. The lowest BCUT2D eigenvalue weighted by molar-refractivity contribution is -0.120. The van der Waals surface area contributed by atoms with Gasteiger partial charge in [0.05, 0.1) is 6.26 Å². The van der Waals surface area contributed by atoms with Crippen molar-refractivity contribution < 1.29 is 18.0 Å². The number of hydrogen-bond acceptors (Lipinski definition) is 4. The van der Waals surface area contributed by atoms with Crippen molar-refractivity contribution in [2.45, 2.75) is 6.42 Å². The van der Waals surface area contributed by atoms with E-state index >= 15 is 0 Å². The van der Waals surface area contributed by atoms with Crippen molar-refractivity contribution in [3.8, 4) is 0 Å². The highest BCUT2D eigenvalue weighted by Crippen LogP contribution is 2.13. The molecule has 0 saturated carbocycles. The zero-order valence-corrected chi connectivity index (χ0v) is 12.4. The summed E-state index contributed by atoms with van der Waals surface area (Å²) in [6.45, 7) is 1.29. The minimum Gasteiger partial charge on any atom is -0.354 e. The number of benzene rings is 1. The van der Waals surface area contributed by atoms with Crippen molar-refractivity contribution in [2.24, 2.45) is 0 Å². The molecule has 7 nitrogen and oxygen atoms in total. The first-order valence-electron chi connectivity index (χ1n) is 6.49. The van der Waals surface area contributed by atoms with E-state index < -0.39 is 10.0 Å². The van der Waals surface area contributed by atoms with Gasteiger partial charge in [-0.15, -0.1) is 0 Å².